The maximum absolute atomic E-state index is 12.2. The first-order chi connectivity index (χ1) is 8.24. The van der Waals surface area contributed by atoms with E-state index in [2.05, 4.69) is 37.4 Å². The highest BCUT2D eigenvalue weighted by Gasteiger charge is 2.23. The van der Waals surface area contributed by atoms with Crippen LogP contribution in [0.4, 0.5) is 0 Å². The molecule has 102 valence electrons. The topological polar surface area (TPSA) is 29.1 Å². The third-order valence-electron chi connectivity index (χ3n) is 3.00. The summed E-state index contributed by atoms with van der Waals surface area (Å²) in [6, 6.07) is 6.67. The third-order valence-corrected chi connectivity index (χ3v) is 5.00. The number of rotatable bonds is 4. The van der Waals surface area contributed by atoms with E-state index in [4.69, 9.17) is 0 Å². The fourth-order valence-electron chi connectivity index (χ4n) is 1.96. The number of aryl methyl sites for hydroxylation is 2. The molecule has 0 saturated heterocycles. The SMILES string of the molecule is CNC(CS(=O)C(C)(C)C)c1cc(C)cc(C)c1. The lowest BCUT2D eigenvalue weighted by molar-refractivity contribution is 0.613. The summed E-state index contributed by atoms with van der Waals surface area (Å²) in [4.78, 5) is 0. The highest BCUT2D eigenvalue weighted by atomic mass is 32.2. The van der Waals surface area contributed by atoms with Crippen LogP contribution in [0.25, 0.3) is 0 Å². The molecular formula is C15H25NOS. The van der Waals surface area contributed by atoms with Gasteiger partial charge in [-0.15, -0.1) is 0 Å². The number of benzene rings is 1. The van der Waals surface area contributed by atoms with E-state index in [9.17, 15) is 4.21 Å². The zero-order valence-corrected chi connectivity index (χ0v) is 13.1. The van der Waals surface area contributed by atoms with Crippen LogP contribution in [0.15, 0.2) is 18.2 Å². The summed E-state index contributed by atoms with van der Waals surface area (Å²) in [5.74, 6) is 0.656. The van der Waals surface area contributed by atoms with E-state index in [1.807, 2.05) is 27.8 Å². The molecule has 0 aliphatic heterocycles. The second kappa shape index (κ2) is 5.98. The number of hydrogen-bond acceptors (Lipinski definition) is 2. The molecule has 0 heterocycles. The Balaban J connectivity index is 2.93. The largest absolute Gasteiger partial charge is 0.312 e. The van der Waals surface area contributed by atoms with Gasteiger partial charge in [-0.05, 0) is 47.2 Å². The minimum absolute atomic E-state index is 0.156. The van der Waals surface area contributed by atoms with Gasteiger partial charge in [0.2, 0.25) is 0 Å². The molecule has 1 aromatic rings. The molecule has 0 aliphatic carbocycles. The summed E-state index contributed by atoms with van der Waals surface area (Å²) >= 11 is 0. The van der Waals surface area contributed by atoms with Gasteiger partial charge in [-0.2, -0.15) is 0 Å². The molecule has 0 amide bonds. The van der Waals surface area contributed by atoms with Crippen LogP contribution < -0.4 is 5.32 Å². The standard InChI is InChI=1S/C15H25NOS/c1-11-7-12(2)9-13(8-11)14(16-6)10-18(17)15(3,4)5/h7-9,14,16H,10H2,1-6H3. The van der Waals surface area contributed by atoms with Crippen molar-refractivity contribution in [2.24, 2.45) is 0 Å². The monoisotopic (exact) mass is 267 g/mol. The summed E-state index contributed by atoms with van der Waals surface area (Å²) in [6.45, 7) is 10.3. The zero-order chi connectivity index (χ0) is 13.9. The van der Waals surface area contributed by atoms with Crippen LogP contribution in [0.3, 0.4) is 0 Å². The van der Waals surface area contributed by atoms with Crippen LogP contribution in [0.1, 0.15) is 43.5 Å². The molecule has 1 N–H and O–H groups in total. The average molecular weight is 267 g/mol. The van der Waals surface area contributed by atoms with Gasteiger partial charge < -0.3 is 5.32 Å². The summed E-state index contributed by atoms with van der Waals surface area (Å²) in [5, 5.41) is 3.28. The van der Waals surface area contributed by atoms with E-state index >= 15 is 0 Å². The van der Waals surface area contributed by atoms with Crippen molar-refractivity contribution in [3.8, 4) is 0 Å². The molecule has 0 aliphatic rings. The maximum atomic E-state index is 12.2. The molecule has 0 spiro atoms. The zero-order valence-electron chi connectivity index (χ0n) is 12.3. The van der Waals surface area contributed by atoms with Gasteiger partial charge in [0.1, 0.15) is 0 Å². The van der Waals surface area contributed by atoms with Gasteiger partial charge in [-0.1, -0.05) is 29.3 Å². The molecule has 2 unspecified atom stereocenters. The third kappa shape index (κ3) is 4.21. The van der Waals surface area contributed by atoms with E-state index in [1.165, 1.54) is 16.7 Å². The van der Waals surface area contributed by atoms with Crippen LogP contribution in [-0.4, -0.2) is 21.8 Å². The van der Waals surface area contributed by atoms with Crippen molar-refractivity contribution >= 4 is 10.8 Å². The number of hydrogen-bond donors (Lipinski definition) is 1. The molecule has 0 aromatic heterocycles. The van der Waals surface area contributed by atoms with Crippen LogP contribution in [-0.2, 0) is 10.8 Å². The normalized spacial score (nSPS) is 15.4. The Hall–Kier alpha value is -0.670. The molecule has 2 nitrogen and oxygen atoms in total. The Kier molecular flexibility index (Phi) is 5.11. The summed E-state index contributed by atoms with van der Waals surface area (Å²) in [5.41, 5.74) is 3.74. The first kappa shape index (κ1) is 15.4. The Bertz CT molecular complexity index is 414. The van der Waals surface area contributed by atoms with Crippen LogP contribution in [0.2, 0.25) is 0 Å². The van der Waals surface area contributed by atoms with Gasteiger partial charge in [0.05, 0.1) is 0 Å². The highest BCUT2D eigenvalue weighted by molar-refractivity contribution is 7.86. The van der Waals surface area contributed by atoms with E-state index < -0.39 is 10.8 Å². The molecular weight excluding hydrogens is 242 g/mol. The fraction of sp³-hybridized carbons (Fsp3) is 0.600. The lowest BCUT2D eigenvalue weighted by Crippen LogP contribution is -2.31. The molecule has 1 aromatic carbocycles. The van der Waals surface area contributed by atoms with Crippen molar-refractivity contribution in [3.63, 3.8) is 0 Å². The smallest absolute Gasteiger partial charge is 0.0435 e. The molecule has 0 bridgehead atoms. The summed E-state index contributed by atoms with van der Waals surface area (Å²) in [6.07, 6.45) is 0. The summed E-state index contributed by atoms with van der Waals surface area (Å²) < 4.78 is 12.1. The average Bonchev–Trinajstić information content (AvgIpc) is 2.22. The van der Waals surface area contributed by atoms with Gasteiger partial charge in [0, 0.05) is 27.3 Å². The molecule has 0 saturated carbocycles. The Morgan fingerprint density at radius 3 is 2.06 bits per heavy atom. The molecule has 2 atom stereocenters. The fourth-order valence-corrected chi connectivity index (χ4v) is 3.12. The molecule has 18 heavy (non-hydrogen) atoms. The van der Waals surface area contributed by atoms with Crippen LogP contribution >= 0.6 is 0 Å². The number of nitrogens with one attached hydrogen (secondary N) is 1. The first-order valence-corrected chi connectivity index (χ1v) is 7.70. The highest BCUT2D eigenvalue weighted by Crippen LogP contribution is 2.21. The van der Waals surface area contributed by atoms with Crippen molar-refractivity contribution < 1.29 is 4.21 Å². The van der Waals surface area contributed by atoms with E-state index in [-0.39, 0.29) is 10.8 Å². The Morgan fingerprint density at radius 1 is 1.17 bits per heavy atom. The van der Waals surface area contributed by atoms with Gasteiger partial charge in [0.25, 0.3) is 0 Å². The molecule has 1 rings (SSSR count). The van der Waals surface area contributed by atoms with Gasteiger partial charge in [-0.25, -0.2) is 0 Å². The Labute approximate surface area is 114 Å². The van der Waals surface area contributed by atoms with Crippen molar-refractivity contribution in [1.29, 1.82) is 0 Å². The van der Waals surface area contributed by atoms with Crippen molar-refractivity contribution in [1.82, 2.24) is 5.32 Å². The lowest BCUT2D eigenvalue weighted by Gasteiger charge is -2.23. The van der Waals surface area contributed by atoms with Crippen molar-refractivity contribution in [3.05, 3.63) is 34.9 Å². The van der Waals surface area contributed by atoms with Gasteiger partial charge >= 0.3 is 0 Å². The lowest BCUT2D eigenvalue weighted by atomic mass is 10.0. The Morgan fingerprint density at radius 2 is 1.67 bits per heavy atom. The van der Waals surface area contributed by atoms with Gasteiger partial charge in [0.15, 0.2) is 0 Å². The molecule has 0 fully saturated rings. The predicted octanol–water partition coefficient (Wildman–Crippen LogP) is 3.11. The minimum Gasteiger partial charge on any atom is -0.312 e. The van der Waals surface area contributed by atoms with Crippen LogP contribution in [0, 0.1) is 13.8 Å². The van der Waals surface area contributed by atoms with Crippen molar-refractivity contribution in [2.75, 3.05) is 12.8 Å². The van der Waals surface area contributed by atoms with Gasteiger partial charge in [-0.3, -0.25) is 4.21 Å². The van der Waals surface area contributed by atoms with Crippen LogP contribution in [0.5, 0.6) is 0 Å². The molecule has 3 heteroatoms. The van der Waals surface area contributed by atoms with E-state index in [1.54, 1.807) is 0 Å². The predicted molar refractivity (Wildman–Crippen MR) is 80.5 cm³/mol. The first-order valence-electron chi connectivity index (χ1n) is 6.38. The minimum atomic E-state index is -0.843. The van der Waals surface area contributed by atoms with E-state index in [0.29, 0.717) is 5.75 Å². The van der Waals surface area contributed by atoms with Crippen molar-refractivity contribution in [2.45, 2.75) is 45.4 Å². The quantitative estimate of drug-likeness (QED) is 0.908. The summed E-state index contributed by atoms with van der Waals surface area (Å²) in [7, 11) is 1.09. The second-order valence-electron chi connectivity index (χ2n) is 5.89. The van der Waals surface area contributed by atoms with E-state index in [0.717, 1.165) is 0 Å². The maximum Gasteiger partial charge on any atom is 0.0435 e. The second-order valence-corrected chi connectivity index (χ2v) is 8.14. The molecule has 0 radical (unpaired) electrons.